The molecular formula is C17H24N2O6S. The van der Waals surface area contributed by atoms with Crippen LogP contribution in [0.4, 0.5) is 0 Å². The van der Waals surface area contributed by atoms with Gasteiger partial charge in [0.05, 0.1) is 17.6 Å². The predicted octanol–water partition coefficient (Wildman–Crippen LogP) is 1.28. The Morgan fingerprint density at radius 2 is 2.08 bits per heavy atom. The van der Waals surface area contributed by atoms with E-state index in [0.717, 1.165) is 12.8 Å². The number of amides is 1. The van der Waals surface area contributed by atoms with Gasteiger partial charge in [0, 0.05) is 20.1 Å². The number of piperidine rings is 1. The zero-order chi connectivity index (χ0) is 19.3. The van der Waals surface area contributed by atoms with E-state index in [1.165, 1.54) is 38.4 Å². The highest BCUT2D eigenvalue weighted by Gasteiger charge is 2.24. The van der Waals surface area contributed by atoms with E-state index in [-0.39, 0.29) is 23.0 Å². The second-order valence-corrected chi connectivity index (χ2v) is 8.22. The molecule has 1 heterocycles. The van der Waals surface area contributed by atoms with Crippen LogP contribution < -0.4 is 0 Å². The number of esters is 1. The van der Waals surface area contributed by atoms with Gasteiger partial charge in [0.2, 0.25) is 0 Å². The van der Waals surface area contributed by atoms with Crippen LogP contribution in [-0.4, -0.2) is 63.5 Å². The molecule has 0 aromatic heterocycles. The molecule has 1 atom stereocenters. The molecule has 0 radical (unpaired) electrons. The molecule has 0 spiro atoms. The molecule has 144 valence electrons. The molecule has 1 aliphatic heterocycles. The highest BCUT2D eigenvalue weighted by molar-refractivity contribution is 7.89. The molecule has 26 heavy (non-hydrogen) atoms. The number of benzene rings is 1. The summed E-state index contributed by atoms with van der Waals surface area (Å²) in [5.41, 5.74) is 0.0513. The van der Waals surface area contributed by atoms with Gasteiger partial charge in [-0.3, -0.25) is 9.63 Å². The predicted molar refractivity (Wildman–Crippen MR) is 93.7 cm³/mol. The number of sulfonamides is 1. The first kappa shape index (κ1) is 20.3. The average Bonchev–Trinajstić information content (AvgIpc) is 2.65. The normalized spacial score (nSPS) is 18.0. The topological polar surface area (TPSA) is 93.2 Å². The Balaban J connectivity index is 2.02. The summed E-state index contributed by atoms with van der Waals surface area (Å²) in [5, 5.41) is 0. The second-order valence-electron chi connectivity index (χ2n) is 6.29. The molecule has 1 aromatic carbocycles. The largest absolute Gasteiger partial charge is 0.452 e. The SMILES string of the molecule is CON(C)S(=O)(=O)c1cccc(C(=O)OCC(=O)N2CCC[C@@H](C)C2)c1. The van der Waals surface area contributed by atoms with Crippen molar-refractivity contribution in [3.05, 3.63) is 29.8 Å². The Morgan fingerprint density at radius 3 is 2.73 bits per heavy atom. The standard InChI is InChI=1S/C17H24N2O6S/c1-13-6-5-9-19(11-13)16(20)12-25-17(21)14-7-4-8-15(10-14)26(22,23)18(2)24-3/h4,7-8,10,13H,5-6,9,11-12H2,1-3H3/t13-/m1/s1. The van der Waals surface area contributed by atoms with Crippen LogP contribution in [-0.2, 0) is 24.4 Å². The number of rotatable bonds is 6. The third-order valence-electron chi connectivity index (χ3n) is 4.30. The van der Waals surface area contributed by atoms with E-state index in [1.807, 2.05) is 0 Å². The van der Waals surface area contributed by atoms with Crippen LogP contribution in [0.5, 0.6) is 0 Å². The monoisotopic (exact) mass is 384 g/mol. The van der Waals surface area contributed by atoms with E-state index < -0.39 is 16.0 Å². The fraction of sp³-hybridized carbons (Fsp3) is 0.529. The van der Waals surface area contributed by atoms with Gasteiger partial charge in [-0.25, -0.2) is 13.2 Å². The molecule has 9 heteroatoms. The zero-order valence-corrected chi connectivity index (χ0v) is 16.0. The van der Waals surface area contributed by atoms with Gasteiger partial charge in [-0.2, -0.15) is 0 Å². The van der Waals surface area contributed by atoms with Gasteiger partial charge in [-0.15, -0.1) is 0 Å². The minimum absolute atomic E-state index is 0.0513. The molecule has 1 fully saturated rings. The van der Waals surface area contributed by atoms with Gasteiger partial charge in [0.15, 0.2) is 6.61 Å². The van der Waals surface area contributed by atoms with Crippen molar-refractivity contribution < 1.29 is 27.6 Å². The summed E-state index contributed by atoms with van der Waals surface area (Å²) in [6, 6.07) is 5.41. The fourth-order valence-electron chi connectivity index (χ4n) is 2.75. The smallest absolute Gasteiger partial charge is 0.338 e. The van der Waals surface area contributed by atoms with Crippen molar-refractivity contribution >= 4 is 21.9 Å². The van der Waals surface area contributed by atoms with Crippen molar-refractivity contribution in [1.29, 1.82) is 0 Å². The molecule has 1 aliphatic rings. The molecular weight excluding hydrogens is 360 g/mol. The van der Waals surface area contributed by atoms with Gasteiger partial charge in [0.25, 0.3) is 15.9 Å². The van der Waals surface area contributed by atoms with Gasteiger partial charge in [0.1, 0.15) is 0 Å². The maximum Gasteiger partial charge on any atom is 0.338 e. The van der Waals surface area contributed by atoms with Crippen molar-refractivity contribution in [2.45, 2.75) is 24.7 Å². The number of nitrogens with zero attached hydrogens (tertiary/aromatic N) is 2. The molecule has 8 nitrogen and oxygen atoms in total. The first-order valence-electron chi connectivity index (χ1n) is 8.33. The Hall–Kier alpha value is -1.97. The van der Waals surface area contributed by atoms with Crippen LogP contribution in [0.25, 0.3) is 0 Å². The number of likely N-dealkylation sites (tertiary alicyclic amines) is 1. The lowest BCUT2D eigenvalue weighted by atomic mass is 10.0. The summed E-state index contributed by atoms with van der Waals surface area (Å²) in [7, 11) is -1.40. The summed E-state index contributed by atoms with van der Waals surface area (Å²) in [4.78, 5) is 30.6. The van der Waals surface area contributed by atoms with Gasteiger partial charge < -0.3 is 9.64 Å². The lowest BCUT2D eigenvalue weighted by molar-refractivity contribution is -0.136. The number of carbonyl (C=O) groups excluding carboxylic acids is 2. The summed E-state index contributed by atoms with van der Waals surface area (Å²) in [5.74, 6) is -0.559. The summed E-state index contributed by atoms with van der Waals surface area (Å²) < 4.78 is 30.2. The Morgan fingerprint density at radius 1 is 1.35 bits per heavy atom. The number of hydroxylamine groups is 1. The van der Waals surface area contributed by atoms with Crippen LogP contribution in [0, 0.1) is 5.92 Å². The molecule has 1 amide bonds. The van der Waals surface area contributed by atoms with Crippen molar-refractivity contribution in [1.82, 2.24) is 9.37 Å². The van der Waals surface area contributed by atoms with E-state index in [4.69, 9.17) is 9.57 Å². The number of ether oxygens (including phenoxy) is 1. The highest BCUT2D eigenvalue weighted by atomic mass is 32.2. The summed E-state index contributed by atoms with van der Waals surface area (Å²) in [6.45, 7) is 3.04. The molecule has 1 saturated heterocycles. The van der Waals surface area contributed by atoms with Crippen LogP contribution in [0.3, 0.4) is 0 Å². The van der Waals surface area contributed by atoms with Crippen LogP contribution in [0.15, 0.2) is 29.2 Å². The van der Waals surface area contributed by atoms with Crippen molar-refractivity contribution in [2.75, 3.05) is 33.9 Å². The maximum atomic E-state index is 12.2. The summed E-state index contributed by atoms with van der Waals surface area (Å²) in [6.07, 6.45) is 2.02. The van der Waals surface area contributed by atoms with Crippen LogP contribution in [0.2, 0.25) is 0 Å². The molecule has 0 unspecified atom stereocenters. The van der Waals surface area contributed by atoms with E-state index >= 15 is 0 Å². The minimum Gasteiger partial charge on any atom is -0.452 e. The molecule has 0 N–H and O–H groups in total. The first-order chi connectivity index (χ1) is 12.3. The third-order valence-corrected chi connectivity index (χ3v) is 5.98. The highest BCUT2D eigenvalue weighted by Crippen LogP contribution is 2.17. The molecule has 0 bridgehead atoms. The average molecular weight is 384 g/mol. The van der Waals surface area contributed by atoms with Gasteiger partial charge in [-0.1, -0.05) is 17.5 Å². The van der Waals surface area contributed by atoms with Crippen LogP contribution >= 0.6 is 0 Å². The minimum atomic E-state index is -3.87. The Labute approximate surface area is 153 Å². The maximum absolute atomic E-state index is 12.2. The second kappa shape index (κ2) is 8.61. The quantitative estimate of drug-likeness (QED) is 0.542. The van der Waals surface area contributed by atoms with Crippen molar-refractivity contribution in [2.24, 2.45) is 5.92 Å². The molecule has 2 rings (SSSR count). The molecule has 0 saturated carbocycles. The van der Waals surface area contributed by atoms with E-state index in [0.29, 0.717) is 23.5 Å². The number of hydrogen-bond donors (Lipinski definition) is 0. The Bertz CT molecular complexity index is 764. The first-order valence-corrected chi connectivity index (χ1v) is 9.77. The number of carbonyl (C=O) groups is 2. The van der Waals surface area contributed by atoms with E-state index in [1.54, 1.807) is 4.90 Å². The third kappa shape index (κ3) is 4.80. The fourth-order valence-corrected chi connectivity index (χ4v) is 3.77. The van der Waals surface area contributed by atoms with Crippen LogP contribution in [0.1, 0.15) is 30.1 Å². The summed E-state index contributed by atoms with van der Waals surface area (Å²) >= 11 is 0. The Kier molecular flexibility index (Phi) is 6.74. The van der Waals surface area contributed by atoms with Crippen molar-refractivity contribution in [3.63, 3.8) is 0 Å². The molecule has 0 aliphatic carbocycles. The van der Waals surface area contributed by atoms with Gasteiger partial charge in [-0.05, 0) is 37.0 Å². The van der Waals surface area contributed by atoms with Crippen molar-refractivity contribution in [3.8, 4) is 0 Å². The van der Waals surface area contributed by atoms with E-state index in [9.17, 15) is 18.0 Å². The molecule has 1 aromatic rings. The van der Waals surface area contributed by atoms with E-state index in [2.05, 4.69) is 6.92 Å². The number of hydrogen-bond acceptors (Lipinski definition) is 6. The van der Waals surface area contributed by atoms with Gasteiger partial charge >= 0.3 is 5.97 Å². The lowest BCUT2D eigenvalue weighted by Crippen LogP contribution is -2.41. The lowest BCUT2D eigenvalue weighted by Gasteiger charge is -2.30. The zero-order valence-electron chi connectivity index (χ0n) is 15.2.